The number of benzene rings is 2. The molecular formula is C24H28N4O2. The molecule has 30 heavy (non-hydrogen) atoms. The molecule has 1 N–H and O–H groups in total. The predicted molar refractivity (Wildman–Crippen MR) is 118 cm³/mol. The molecule has 0 saturated carbocycles. The zero-order valence-corrected chi connectivity index (χ0v) is 18.2. The lowest BCUT2D eigenvalue weighted by atomic mass is 9.93. The summed E-state index contributed by atoms with van der Waals surface area (Å²) < 4.78 is 6.16. The van der Waals surface area contributed by atoms with Gasteiger partial charge in [0.25, 0.3) is 0 Å². The number of aliphatic hydroxyl groups is 1. The Kier molecular flexibility index (Phi) is 5.05. The molecule has 0 bridgehead atoms. The van der Waals surface area contributed by atoms with Crippen LogP contribution in [-0.2, 0) is 5.60 Å². The zero-order chi connectivity index (χ0) is 21.6. The Hall–Kier alpha value is -2.88. The molecule has 6 heteroatoms. The number of fused-ring (bicyclic) bond motifs is 1. The minimum atomic E-state index is -1.24. The van der Waals surface area contributed by atoms with Gasteiger partial charge in [-0.1, -0.05) is 30.3 Å². The van der Waals surface area contributed by atoms with Crippen molar-refractivity contribution in [2.24, 2.45) is 0 Å². The summed E-state index contributed by atoms with van der Waals surface area (Å²) in [7, 11) is 4.21. The molecule has 2 heterocycles. The van der Waals surface area contributed by atoms with Crippen molar-refractivity contribution >= 4 is 16.8 Å². The van der Waals surface area contributed by atoms with E-state index < -0.39 is 5.60 Å². The summed E-state index contributed by atoms with van der Waals surface area (Å²) in [5.41, 5.74) is 4.24. The molecule has 4 rings (SSSR count). The van der Waals surface area contributed by atoms with Crippen LogP contribution < -0.4 is 4.90 Å². The minimum absolute atomic E-state index is 0.225. The molecule has 1 unspecified atom stereocenters. The van der Waals surface area contributed by atoms with Crippen LogP contribution in [0.5, 0.6) is 0 Å². The first-order valence-corrected chi connectivity index (χ1v) is 10.3. The van der Waals surface area contributed by atoms with E-state index in [-0.39, 0.29) is 5.89 Å². The van der Waals surface area contributed by atoms with Gasteiger partial charge in [-0.3, -0.25) is 0 Å². The highest BCUT2D eigenvalue weighted by Gasteiger charge is 2.33. The summed E-state index contributed by atoms with van der Waals surface area (Å²) in [6, 6.07) is 12.9. The van der Waals surface area contributed by atoms with Crippen LogP contribution in [0, 0.1) is 18.3 Å². The van der Waals surface area contributed by atoms with Crippen LogP contribution in [0.3, 0.4) is 0 Å². The van der Waals surface area contributed by atoms with E-state index >= 15 is 0 Å². The number of anilines is 1. The van der Waals surface area contributed by atoms with Gasteiger partial charge >= 0.3 is 0 Å². The summed E-state index contributed by atoms with van der Waals surface area (Å²) in [4.78, 5) is 9.15. The van der Waals surface area contributed by atoms with Crippen molar-refractivity contribution in [3.63, 3.8) is 0 Å². The fourth-order valence-electron chi connectivity index (χ4n) is 4.27. The lowest BCUT2D eigenvalue weighted by Crippen LogP contribution is -2.31. The Labute approximate surface area is 177 Å². The third kappa shape index (κ3) is 3.34. The van der Waals surface area contributed by atoms with E-state index in [2.05, 4.69) is 47.1 Å². The van der Waals surface area contributed by atoms with Crippen molar-refractivity contribution < 1.29 is 9.52 Å². The molecule has 1 fully saturated rings. The Morgan fingerprint density at radius 2 is 1.97 bits per heavy atom. The van der Waals surface area contributed by atoms with Crippen molar-refractivity contribution in [1.29, 1.82) is 5.26 Å². The van der Waals surface area contributed by atoms with Gasteiger partial charge in [0.2, 0.25) is 5.89 Å². The average molecular weight is 405 g/mol. The van der Waals surface area contributed by atoms with Gasteiger partial charge in [-0.25, -0.2) is 4.98 Å². The molecule has 0 radical (unpaired) electrons. The first kappa shape index (κ1) is 20.4. The van der Waals surface area contributed by atoms with Crippen LogP contribution in [-0.4, -0.2) is 48.2 Å². The number of hydrogen-bond donors (Lipinski definition) is 1. The van der Waals surface area contributed by atoms with E-state index in [9.17, 15) is 10.4 Å². The first-order valence-electron chi connectivity index (χ1n) is 10.3. The van der Waals surface area contributed by atoms with Crippen molar-refractivity contribution in [1.82, 2.24) is 9.88 Å². The van der Waals surface area contributed by atoms with Gasteiger partial charge in [-0.2, -0.15) is 5.26 Å². The molecule has 1 aromatic heterocycles. The Balaban J connectivity index is 2.05. The Morgan fingerprint density at radius 3 is 2.53 bits per heavy atom. The quantitative estimate of drug-likeness (QED) is 0.707. The summed E-state index contributed by atoms with van der Waals surface area (Å²) >= 11 is 0. The number of aromatic nitrogens is 1. The van der Waals surface area contributed by atoms with Gasteiger partial charge in [-0.15, -0.1) is 0 Å². The molecule has 2 aromatic carbocycles. The van der Waals surface area contributed by atoms with E-state index in [0.717, 1.165) is 41.9 Å². The van der Waals surface area contributed by atoms with E-state index in [0.29, 0.717) is 22.7 Å². The molecule has 0 aliphatic carbocycles. The maximum absolute atomic E-state index is 10.5. The number of oxazole rings is 1. The fourth-order valence-corrected chi connectivity index (χ4v) is 4.27. The molecule has 156 valence electrons. The van der Waals surface area contributed by atoms with Gasteiger partial charge in [0.05, 0.1) is 11.3 Å². The van der Waals surface area contributed by atoms with Gasteiger partial charge in [0.15, 0.2) is 5.58 Å². The molecule has 0 amide bonds. The lowest BCUT2D eigenvalue weighted by Gasteiger charge is -2.25. The summed E-state index contributed by atoms with van der Waals surface area (Å²) in [5, 5.41) is 20.5. The number of nitriles is 1. The average Bonchev–Trinajstić information content (AvgIpc) is 3.35. The number of nitrogens with zero attached hydrogens (tertiary/aromatic N) is 4. The molecule has 6 nitrogen and oxygen atoms in total. The third-order valence-corrected chi connectivity index (χ3v) is 5.97. The third-order valence-electron chi connectivity index (χ3n) is 5.97. The van der Waals surface area contributed by atoms with Crippen molar-refractivity contribution in [3.05, 3.63) is 47.3 Å². The van der Waals surface area contributed by atoms with Gasteiger partial charge in [-0.05, 0) is 52.4 Å². The van der Waals surface area contributed by atoms with Crippen LogP contribution in [0.15, 0.2) is 34.7 Å². The van der Waals surface area contributed by atoms with Crippen molar-refractivity contribution in [2.75, 3.05) is 32.1 Å². The highest BCUT2D eigenvalue weighted by Crippen LogP contribution is 2.44. The van der Waals surface area contributed by atoms with Crippen LogP contribution in [0.25, 0.3) is 22.2 Å². The smallest absolute Gasteiger partial charge is 0.227 e. The highest BCUT2D eigenvalue weighted by molar-refractivity contribution is 6.02. The second kappa shape index (κ2) is 7.42. The number of rotatable bonds is 4. The standard InChI is InChI=1S/C24H28N4O2/c1-15-18(13-25)20-22(30-23(26-20)24(2,3)29)21(19(15)16-9-7-6-8-10-16)28-12-11-17(14-28)27(4)5/h6-10,17,29H,11-12,14H2,1-5H3. The van der Waals surface area contributed by atoms with Crippen LogP contribution >= 0.6 is 0 Å². The van der Waals surface area contributed by atoms with Gasteiger partial charge < -0.3 is 19.3 Å². The van der Waals surface area contributed by atoms with Crippen LogP contribution in [0.4, 0.5) is 5.69 Å². The number of likely N-dealkylation sites (N-methyl/N-ethyl adjacent to an activating group) is 1. The van der Waals surface area contributed by atoms with Crippen LogP contribution in [0.2, 0.25) is 0 Å². The Bertz CT molecular complexity index is 1120. The summed E-state index contributed by atoms with van der Waals surface area (Å²) in [6.45, 7) is 7.02. The molecular weight excluding hydrogens is 376 g/mol. The van der Waals surface area contributed by atoms with E-state index in [1.165, 1.54) is 0 Å². The monoisotopic (exact) mass is 404 g/mol. The fraction of sp³-hybridized carbons (Fsp3) is 0.417. The number of hydrogen-bond acceptors (Lipinski definition) is 6. The lowest BCUT2D eigenvalue weighted by molar-refractivity contribution is 0.0501. The molecule has 1 aliphatic rings. The zero-order valence-electron chi connectivity index (χ0n) is 18.2. The topological polar surface area (TPSA) is 76.5 Å². The normalized spacial score (nSPS) is 17.1. The SMILES string of the molecule is Cc1c(-c2ccccc2)c(N2CCC(N(C)C)C2)c2oc(C(C)(C)O)nc2c1C#N. The molecule has 0 spiro atoms. The molecule has 1 saturated heterocycles. The first-order chi connectivity index (χ1) is 14.2. The van der Waals surface area contributed by atoms with E-state index in [1.54, 1.807) is 13.8 Å². The van der Waals surface area contributed by atoms with Crippen molar-refractivity contribution in [3.8, 4) is 17.2 Å². The highest BCUT2D eigenvalue weighted by atomic mass is 16.4. The minimum Gasteiger partial charge on any atom is -0.435 e. The van der Waals surface area contributed by atoms with Gasteiger partial charge in [0, 0.05) is 24.7 Å². The predicted octanol–water partition coefficient (Wildman–Crippen LogP) is 4.04. The van der Waals surface area contributed by atoms with E-state index in [4.69, 9.17) is 4.42 Å². The second-order valence-electron chi connectivity index (χ2n) is 8.81. The van der Waals surface area contributed by atoms with Crippen LogP contribution in [0.1, 0.15) is 37.3 Å². The maximum Gasteiger partial charge on any atom is 0.227 e. The van der Waals surface area contributed by atoms with E-state index in [1.807, 2.05) is 25.1 Å². The maximum atomic E-state index is 10.5. The van der Waals surface area contributed by atoms with Gasteiger partial charge in [0.1, 0.15) is 17.2 Å². The largest absolute Gasteiger partial charge is 0.435 e. The molecule has 1 aliphatic heterocycles. The van der Waals surface area contributed by atoms with Crippen molar-refractivity contribution in [2.45, 2.75) is 38.8 Å². The summed E-state index contributed by atoms with van der Waals surface area (Å²) in [6.07, 6.45) is 1.05. The molecule has 3 aromatic rings. The molecule has 1 atom stereocenters. The second-order valence-corrected chi connectivity index (χ2v) is 8.81. The Morgan fingerprint density at radius 1 is 1.27 bits per heavy atom. The summed E-state index contributed by atoms with van der Waals surface area (Å²) in [5.74, 6) is 0.225.